The maximum atomic E-state index is 13.0. The van der Waals surface area contributed by atoms with E-state index < -0.39 is 6.10 Å². The van der Waals surface area contributed by atoms with Gasteiger partial charge in [-0.2, -0.15) is 0 Å². The summed E-state index contributed by atoms with van der Waals surface area (Å²) in [7, 11) is 0. The number of ether oxygens (including phenoxy) is 3. The fourth-order valence-corrected chi connectivity index (χ4v) is 11.6. The molecular formula is C76H144O6. The molecule has 0 N–H and O–H groups in total. The first-order valence-electron chi connectivity index (χ1n) is 37.3. The van der Waals surface area contributed by atoms with Crippen molar-refractivity contribution in [3.05, 3.63) is 24.3 Å². The highest BCUT2D eigenvalue weighted by atomic mass is 16.6. The quantitative estimate of drug-likeness (QED) is 0.0261. The Balaban J connectivity index is 4.25. The number of hydrogen-bond acceptors (Lipinski definition) is 6. The predicted molar refractivity (Wildman–Crippen MR) is 358 cm³/mol. The van der Waals surface area contributed by atoms with Crippen LogP contribution in [0, 0.1) is 0 Å². The zero-order valence-corrected chi connectivity index (χ0v) is 55.8. The Bertz CT molecular complexity index is 1320. The largest absolute Gasteiger partial charge is 0.462 e. The highest BCUT2D eigenvalue weighted by Crippen LogP contribution is 2.19. The second-order valence-electron chi connectivity index (χ2n) is 25.6. The van der Waals surface area contributed by atoms with E-state index in [1.165, 1.54) is 315 Å². The van der Waals surface area contributed by atoms with Gasteiger partial charge in [0.1, 0.15) is 13.2 Å². The van der Waals surface area contributed by atoms with E-state index in [0.29, 0.717) is 19.3 Å². The minimum absolute atomic E-state index is 0.0669. The van der Waals surface area contributed by atoms with Crippen molar-refractivity contribution in [1.82, 2.24) is 0 Å². The molecule has 1 unspecified atom stereocenters. The molecule has 0 amide bonds. The maximum absolute atomic E-state index is 13.0. The van der Waals surface area contributed by atoms with Crippen LogP contribution in [0.15, 0.2) is 24.3 Å². The molecule has 0 heterocycles. The van der Waals surface area contributed by atoms with E-state index in [1.54, 1.807) is 0 Å². The van der Waals surface area contributed by atoms with Crippen LogP contribution in [0.1, 0.15) is 425 Å². The topological polar surface area (TPSA) is 78.9 Å². The molecule has 484 valence electrons. The van der Waals surface area contributed by atoms with Gasteiger partial charge in [-0.1, -0.05) is 379 Å². The van der Waals surface area contributed by atoms with Gasteiger partial charge in [0.2, 0.25) is 0 Å². The lowest BCUT2D eigenvalue weighted by molar-refractivity contribution is -0.167. The van der Waals surface area contributed by atoms with Crippen molar-refractivity contribution in [2.24, 2.45) is 0 Å². The number of allylic oxidation sites excluding steroid dienone is 4. The zero-order valence-electron chi connectivity index (χ0n) is 55.8. The molecule has 0 fully saturated rings. The third kappa shape index (κ3) is 68.7. The van der Waals surface area contributed by atoms with E-state index in [-0.39, 0.29) is 31.1 Å². The fourth-order valence-electron chi connectivity index (χ4n) is 11.6. The first-order chi connectivity index (χ1) is 40.5. The second-order valence-corrected chi connectivity index (χ2v) is 25.6. The first-order valence-corrected chi connectivity index (χ1v) is 37.3. The Morgan fingerprint density at radius 3 is 0.695 bits per heavy atom. The van der Waals surface area contributed by atoms with Crippen LogP contribution in [0.25, 0.3) is 0 Å². The van der Waals surface area contributed by atoms with Crippen molar-refractivity contribution in [1.29, 1.82) is 0 Å². The van der Waals surface area contributed by atoms with E-state index in [4.69, 9.17) is 14.2 Å². The molecule has 0 aromatic rings. The van der Waals surface area contributed by atoms with Gasteiger partial charge >= 0.3 is 17.9 Å². The number of unbranched alkanes of at least 4 members (excludes halogenated alkanes) is 55. The lowest BCUT2D eigenvalue weighted by Gasteiger charge is -2.18. The average Bonchev–Trinajstić information content (AvgIpc) is 3.47. The Labute approximate surface area is 513 Å². The first kappa shape index (κ1) is 79.9. The molecule has 0 rings (SSSR count). The summed E-state index contributed by atoms with van der Waals surface area (Å²) in [4.78, 5) is 38.5. The molecule has 82 heavy (non-hydrogen) atoms. The van der Waals surface area contributed by atoms with Crippen molar-refractivity contribution in [2.45, 2.75) is 431 Å². The van der Waals surface area contributed by atoms with Crippen LogP contribution in [0.4, 0.5) is 0 Å². The summed E-state index contributed by atoms with van der Waals surface area (Å²) >= 11 is 0. The van der Waals surface area contributed by atoms with Crippen LogP contribution in [-0.2, 0) is 28.6 Å². The molecule has 0 spiro atoms. The lowest BCUT2D eigenvalue weighted by atomic mass is 10.0. The molecule has 0 aliphatic rings. The second kappa shape index (κ2) is 71.4. The molecule has 0 bridgehead atoms. The highest BCUT2D eigenvalue weighted by Gasteiger charge is 2.20. The van der Waals surface area contributed by atoms with Crippen LogP contribution < -0.4 is 0 Å². The maximum Gasteiger partial charge on any atom is 0.306 e. The van der Waals surface area contributed by atoms with Gasteiger partial charge in [-0.15, -0.1) is 0 Å². The van der Waals surface area contributed by atoms with Crippen LogP contribution >= 0.6 is 0 Å². The number of hydrogen-bond donors (Lipinski definition) is 0. The fraction of sp³-hybridized carbons (Fsp3) is 0.908. The monoisotopic (exact) mass is 1150 g/mol. The number of esters is 3. The Morgan fingerprint density at radius 2 is 0.439 bits per heavy atom. The van der Waals surface area contributed by atoms with Gasteiger partial charge in [-0.05, 0) is 51.4 Å². The predicted octanol–water partition coefficient (Wildman–Crippen LogP) is 25.7. The average molecular weight is 1150 g/mol. The molecule has 0 radical (unpaired) electrons. The number of carbonyl (C=O) groups excluding carboxylic acids is 3. The molecule has 6 nitrogen and oxygen atoms in total. The van der Waals surface area contributed by atoms with Crippen molar-refractivity contribution in [2.75, 3.05) is 13.2 Å². The van der Waals surface area contributed by atoms with Gasteiger partial charge in [0, 0.05) is 19.3 Å². The van der Waals surface area contributed by atoms with E-state index in [2.05, 4.69) is 45.1 Å². The summed E-state index contributed by atoms with van der Waals surface area (Å²) in [5.74, 6) is -0.838. The molecule has 6 heteroatoms. The van der Waals surface area contributed by atoms with Crippen molar-refractivity contribution in [3.63, 3.8) is 0 Å². The van der Waals surface area contributed by atoms with Gasteiger partial charge in [-0.25, -0.2) is 0 Å². The Morgan fingerprint density at radius 1 is 0.244 bits per heavy atom. The SMILES string of the molecule is CCCCC/C=C\C/C=C\CCCCCCCCCC(=O)OCC(COC(=O)CCCCCCCCCCCCCCCCCCCCCCCCCCCC)OC(=O)CCCCCCCCCCCCCCCCCCCCCCC. The smallest absolute Gasteiger partial charge is 0.306 e. The summed E-state index contributed by atoms with van der Waals surface area (Å²) in [5.41, 5.74) is 0. The molecule has 0 aromatic heterocycles. The minimum atomic E-state index is -0.772. The Kier molecular flexibility index (Phi) is 69.5. The van der Waals surface area contributed by atoms with Gasteiger partial charge < -0.3 is 14.2 Å². The molecule has 0 aliphatic carbocycles. The molecule has 0 aromatic carbocycles. The van der Waals surface area contributed by atoms with Gasteiger partial charge in [0.15, 0.2) is 6.10 Å². The molecule has 1 atom stereocenters. The van der Waals surface area contributed by atoms with Crippen LogP contribution in [0.2, 0.25) is 0 Å². The third-order valence-corrected chi connectivity index (χ3v) is 17.2. The standard InChI is InChI=1S/C76H144O6/c1-4-7-10-13-16-19-22-25-28-31-33-35-36-37-38-39-41-42-45-48-51-54-57-60-63-66-69-75(78)81-72-73(71-80-74(77)68-65-62-59-56-53-50-47-44-30-27-24-21-18-15-12-9-6-3)82-76(79)70-67-64-61-58-55-52-49-46-43-40-34-32-29-26-23-20-17-14-11-8-5-2/h18,21,27,30,73H,4-17,19-20,22-26,28-29,31-72H2,1-3H3/b21-18-,30-27-. The zero-order chi connectivity index (χ0) is 59.2. The molecule has 0 saturated carbocycles. The lowest BCUT2D eigenvalue weighted by Crippen LogP contribution is -2.30. The van der Waals surface area contributed by atoms with Crippen LogP contribution in [-0.4, -0.2) is 37.2 Å². The van der Waals surface area contributed by atoms with Gasteiger partial charge in [-0.3, -0.25) is 14.4 Å². The van der Waals surface area contributed by atoms with Gasteiger partial charge in [0.25, 0.3) is 0 Å². The van der Waals surface area contributed by atoms with Crippen molar-refractivity contribution in [3.8, 4) is 0 Å². The third-order valence-electron chi connectivity index (χ3n) is 17.2. The Hall–Kier alpha value is -2.11. The van der Waals surface area contributed by atoms with E-state index in [1.807, 2.05) is 0 Å². The summed E-state index contributed by atoms with van der Waals surface area (Å²) in [6.07, 6.45) is 87.9. The molecule has 0 saturated heterocycles. The summed E-state index contributed by atoms with van der Waals surface area (Å²) in [6.45, 7) is 6.71. The van der Waals surface area contributed by atoms with E-state index in [0.717, 1.165) is 70.6 Å². The van der Waals surface area contributed by atoms with Crippen LogP contribution in [0.5, 0.6) is 0 Å². The van der Waals surface area contributed by atoms with Crippen molar-refractivity contribution >= 4 is 17.9 Å². The number of carbonyl (C=O) groups is 3. The van der Waals surface area contributed by atoms with Crippen LogP contribution in [0.3, 0.4) is 0 Å². The summed E-state index contributed by atoms with van der Waals surface area (Å²) < 4.78 is 17.0. The summed E-state index contributed by atoms with van der Waals surface area (Å²) in [6, 6.07) is 0. The summed E-state index contributed by atoms with van der Waals surface area (Å²) in [5, 5.41) is 0. The normalized spacial score (nSPS) is 12.1. The van der Waals surface area contributed by atoms with E-state index >= 15 is 0 Å². The molecular weight excluding hydrogens is 1010 g/mol. The van der Waals surface area contributed by atoms with Gasteiger partial charge in [0.05, 0.1) is 0 Å². The number of rotatable bonds is 70. The van der Waals surface area contributed by atoms with E-state index in [9.17, 15) is 14.4 Å². The highest BCUT2D eigenvalue weighted by molar-refractivity contribution is 5.71. The van der Waals surface area contributed by atoms with Crippen molar-refractivity contribution < 1.29 is 28.6 Å². The minimum Gasteiger partial charge on any atom is -0.462 e. The molecule has 0 aliphatic heterocycles.